The number of hydrogen-bond acceptors (Lipinski definition) is 2. The van der Waals surface area contributed by atoms with Gasteiger partial charge in [-0.05, 0) is 24.6 Å². The van der Waals surface area contributed by atoms with Crippen LogP contribution in [0.25, 0.3) is 0 Å². The lowest BCUT2D eigenvalue weighted by Crippen LogP contribution is -2.36. The lowest BCUT2D eigenvalue weighted by atomic mass is 10.1. The van der Waals surface area contributed by atoms with Gasteiger partial charge < -0.3 is 10.6 Å². The van der Waals surface area contributed by atoms with Gasteiger partial charge in [0, 0.05) is 24.6 Å². The quantitative estimate of drug-likeness (QED) is 0.754. The first-order valence-corrected chi connectivity index (χ1v) is 7.72. The molecule has 4 nitrogen and oxygen atoms in total. The maximum absolute atomic E-state index is 11.9. The molecule has 1 aromatic carbocycles. The first-order valence-electron chi connectivity index (χ1n) is 6.96. The third kappa shape index (κ3) is 5.94. The average molecular weight is 331 g/mol. The number of benzene rings is 1. The second-order valence-electron chi connectivity index (χ2n) is 4.87. The van der Waals surface area contributed by atoms with Gasteiger partial charge in [0.05, 0.1) is 10.0 Å². The zero-order chi connectivity index (χ0) is 15.8. The van der Waals surface area contributed by atoms with Gasteiger partial charge in [-0.3, -0.25) is 9.59 Å². The van der Waals surface area contributed by atoms with E-state index >= 15 is 0 Å². The summed E-state index contributed by atoms with van der Waals surface area (Å²) >= 11 is 11.6. The predicted octanol–water partition coefficient (Wildman–Crippen LogP) is 3.28. The van der Waals surface area contributed by atoms with Gasteiger partial charge in [-0.15, -0.1) is 0 Å². The van der Waals surface area contributed by atoms with Gasteiger partial charge in [-0.1, -0.05) is 43.5 Å². The van der Waals surface area contributed by atoms with E-state index in [0.29, 0.717) is 28.7 Å². The number of carbonyl (C=O) groups excluding carboxylic acids is 2. The highest BCUT2D eigenvalue weighted by Crippen LogP contribution is 2.22. The monoisotopic (exact) mass is 330 g/mol. The molecule has 0 radical (unpaired) electrons. The summed E-state index contributed by atoms with van der Waals surface area (Å²) in [6, 6.07) is 4.69. The Morgan fingerprint density at radius 1 is 1.14 bits per heavy atom. The fourth-order valence-corrected chi connectivity index (χ4v) is 2.14. The van der Waals surface area contributed by atoms with Crippen LogP contribution in [0.2, 0.25) is 10.0 Å². The van der Waals surface area contributed by atoms with E-state index in [1.54, 1.807) is 12.1 Å². The van der Waals surface area contributed by atoms with Crippen molar-refractivity contribution in [2.45, 2.75) is 26.7 Å². The third-order valence-electron chi connectivity index (χ3n) is 3.06. The van der Waals surface area contributed by atoms with E-state index in [9.17, 15) is 9.59 Å². The molecule has 0 aliphatic carbocycles. The molecule has 21 heavy (non-hydrogen) atoms. The Morgan fingerprint density at radius 2 is 1.81 bits per heavy atom. The van der Waals surface area contributed by atoms with Crippen molar-refractivity contribution >= 4 is 35.0 Å². The van der Waals surface area contributed by atoms with Crippen molar-refractivity contribution in [3.8, 4) is 0 Å². The molecule has 2 amide bonds. The Labute approximate surface area is 135 Å². The summed E-state index contributed by atoms with van der Waals surface area (Å²) in [4.78, 5) is 23.5. The van der Waals surface area contributed by atoms with Crippen molar-refractivity contribution in [2.75, 3.05) is 13.1 Å². The van der Waals surface area contributed by atoms with Gasteiger partial charge >= 0.3 is 0 Å². The molecular weight excluding hydrogens is 311 g/mol. The van der Waals surface area contributed by atoms with Crippen LogP contribution in [-0.2, 0) is 4.79 Å². The number of carbonyl (C=O) groups is 2. The Hall–Kier alpha value is -1.26. The zero-order valence-corrected chi connectivity index (χ0v) is 13.7. The largest absolute Gasteiger partial charge is 0.354 e. The molecule has 0 saturated heterocycles. The Bertz CT molecular complexity index is 506. The third-order valence-corrected chi connectivity index (χ3v) is 3.80. The van der Waals surface area contributed by atoms with Crippen molar-refractivity contribution in [3.05, 3.63) is 33.8 Å². The molecule has 1 rings (SSSR count). The highest BCUT2D eigenvalue weighted by molar-refractivity contribution is 6.42. The van der Waals surface area contributed by atoms with Crippen LogP contribution < -0.4 is 10.6 Å². The topological polar surface area (TPSA) is 58.2 Å². The maximum Gasteiger partial charge on any atom is 0.251 e. The summed E-state index contributed by atoms with van der Waals surface area (Å²) < 4.78 is 0. The molecule has 0 aromatic heterocycles. The second-order valence-corrected chi connectivity index (χ2v) is 5.68. The van der Waals surface area contributed by atoms with Gasteiger partial charge in [-0.2, -0.15) is 0 Å². The molecule has 1 aromatic rings. The van der Waals surface area contributed by atoms with E-state index in [4.69, 9.17) is 23.2 Å². The number of hydrogen-bond donors (Lipinski definition) is 2. The minimum atomic E-state index is -0.246. The van der Waals surface area contributed by atoms with Gasteiger partial charge in [-0.25, -0.2) is 0 Å². The van der Waals surface area contributed by atoms with Crippen LogP contribution in [0.5, 0.6) is 0 Å². The Morgan fingerprint density at radius 3 is 2.43 bits per heavy atom. The summed E-state index contributed by atoms with van der Waals surface area (Å²) in [5.74, 6) is -0.231. The molecule has 0 fully saturated rings. The minimum Gasteiger partial charge on any atom is -0.354 e. The molecule has 116 valence electrons. The van der Waals surface area contributed by atoms with E-state index in [1.165, 1.54) is 6.07 Å². The van der Waals surface area contributed by atoms with Crippen LogP contribution in [0.1, 0.15) is 37.0 Å². The molecule has 0 heterocycles. The van der Waals surface area contributed by atoms with Crippen LogP contribution in [0, 0.1) is 5.92 Å². The molecule has 0 aliphatic rings. The highest BCUT2D eigenvalue weighted by atomic mass is 35.5. The zero-order valence-electron chi connectivity index (χ0n) is 12.2. The van der Waals surface area contributed by atoms with Crippen molar-refractivity contribution < 1.29 is 9.59 Å². The van der Waals surface area contributed by atoms with Crippen molar-refractivity contribution in [3.63, 3.8) is 0 Å². The Kier molecular flexibility index (Phi) is 7.54. The van der Waals surface area contributed by atoms with E-state index in [0.717, 1.165) is 12.8 Å². The SMILES string of the molecule is CCCC(C)C(=O)NCCNC(=O)c1ccc(Cl)c(Cl)c1. The normalized spacial score (nSPS) is 11.8. The average Bonchev–Trinajstić information content (AvgIpc) is 2.46. The van der Waals surface area contributed by atoms with Crippen LogP contribution in [-0.4, -0.2) is 24.9 Å². The van der Waals surface area contributed by atoms with Gasteiger partial charge in [0.15, 0.2) is 0 Å². The van der Waals surface area contributed by atoms with Crippen molar-refractivity contribution in [2.24, 2.45) is 5.92 Å². The molecule has 0 aliphatic heterocycles. The number of nitrogens with one attached hydrogen (secondary N) is 2. The second kappa shape index (κ2) is 8.90. The van der Waals surface area contributed by atoms with E-state index in [1.807, 2.05) is 13.8 Å². The molecular formula is C15H20Cl2N2O2. The number of amides is 2. The van der Waals surface area contributed by atoms with Crippen molar-refractivity contribution in [1.29, 1.82) is 0 Å². The fraction of sp³-hybridized carbons (Fsp3) is 0.467. The summed E-state index contributed by atoms with van der Waals surface area (Å²) in [5, 5.41) is 6.26. The summed E-state index contributed by atoms with van der Waals surface area (Å²) in [7, 11) is 0. The number of rotatable bonds is 7. The molecule has 0 bridgehead atoms. The van der Waals surface area contributed by atoms with Gasteiger partial charge in [0.2, 0.25) is 5.91 Å². The molecule has 1 unspecified atom stereocenters. The van der Waals surface area contributed by atoms with Crippen LogP contribution in [0.4, 0.5) is 0 Å². The molecule has 6 heteroatoms. The first kappa shape index (κ1) is 17.8. The van der Waals surface area contributed by atoms with E-state index < -0.39 is 0 Å². The lowest BCUT2D eigenvalue weighted by Gasteiger charge is -2.11. The summed E-state index contributed by atoms with van der Waals surface area (Å²) in [6.45, 7) is 4.71. The molecule has 2 N–H and O–H groups in total. The first-order chi connectivity index (χ1) is 9.95. The Balaban J connectivity index is 2.34. The standard InChI is InChI=1S/C15H20Cl2N2O2/c1-3-4-10(2)14(20)18-7-8-19-15(21)11-5-6-12(16)13(17)9-11/h5-6,9-10H,3-4,7-8H2,1-2H3,(H,18,20)(H,19,21). The lowest BCUT2D eigenvalue weighted by molar-refractivity contribution is -0.124. The van der Waals surface area contributed by atoms with E-state index in [-0.39, 0.29) is 17.7 Å². The van der Waals surface area contributed by atoms with Gasteiger partial charge in [0.25, 0.3) is 5.91 Å². The summed E-state index contributed by atoms with van der Waals surface area (Å²) in [5.41, 5.74) is 0.440. The molecule has 1 atom stereocenters. The van der Waals surface area contributed by atoms with Crippen LogP contribution in [0.3, 0.4) is 0 Å². The molecule has 0 saturated carbocycles. The van der Waals surface area contributed by atoms with Gasteiger partial charge in [0.1, 0.15) is 0 Å². The van der Waals surface area contributed by atoms with E-state index in [2.05, 4.69) is 10.6 Å². The van der Waals surface area contributed by atoms with Crippen LogP contribution >= 0.6 is 23.2 Å². The summed E-state index contributed by atoms with van der Waals surface area (Å²) in [6.07, 6.45) is 1.84. The highest BCUT2D eigenvalue weighted by Gasteiger charge is 2.11. The minimum absolute atomic E-state index is 0.000716. The smallest absolute Gasteiger partial charge is 0.251 e. The molecule has 0 spiro atoms. The number of halogens is 2. The van der Waals surface area contributed by atoms with Crippen LogP contribution in [0.15, 0.2) is 18.2 Å². The fourth-order valence-electron chi connectivity index (χ4n) is 1.84. The predicted molar refractivity (Wildman–Crippen MR) is 85.9 cm³/mol. The van der Waals surface area contributed by atoms with Crippen molar-refractivity contribution in [1.82, 2.24) is 10.6 Å². The maximum atomic E-state index is 11.9.